The maximum Gasteiger partial charge on any atom is 0.135 e. The van der Waals surface area contributed by atoms with Crippen molar-refractivity contribution in [2.45, 2.75) is 47.0 Å². The number of Topliss-reactive ketones (excluding diaryl/α,β-unsaturated/α-hetero) is 1. The average molecular weight is 248 g/mol. The molecule has 18 heavy (non-hydrogen) atoms. The SMILES string of the molecule is COc1c(C)cc(C)cc1CCCC(=O)C(C)C. The summed E-state index contributed by atoms with van der Waals surface area (Å²) in [5.74, 6) is 1.46. The predicted molar refractivity (Wildman–Crippen MR) is 75.3 cm³/mol. The molecule has 0 spiro atoms. The quantitative estimate of drug-likeness (QED) is 0.764. The highest BCUT2D eigenvalue weighted by molar-refractivity contribution is 5.80. The fourth-order valence-corrected chi connectivity index (χ4v) is 2.26. The van der Waals surface area contributed by atoms with Crippen LogP contribution in [-0.2, 0) is 11.2 Å². The molecule has 0 aliphatic heterocycles. The van der Waals surface area contributed by atoms with Gasteiger partial charge in [-0.1, -0.05) is 31.5 Å². The number of ketones is 1. The Hall–Kier alpha value is -1.31. The van der Waals surface area contributed by atoms with Crippen molar-refractivity contribution < 1.29 is 9.53 Å². The Morgan fingerprint density at radius 2 is 1.94 bits per heavy atom. The molecule has 2 heteroatoms. The molecular formula is C16H24O2. The number of ether oxygens (including phenoxy) is 1. The van der Waals surface area contributed by atoms with E-state index in [4.69, 9.17) is 4.74 Å². The van der Waals surface area contributed by atoms with Crippen molar-refractivity contribution in [1.82, 2.24) is 0 Å². The Morgan fingerprint density at radius 3 is 2.50 bits per heavy atom. The molecule has 0 atom stereocenters. The molecule has 0 radical (unpaired) electrons. The summed E-state index contributed by atoms with van der Waals surface area (Å²) >= 11 is 0. The summed E-state index contributed by atoms with van der Waals surface area (Å²) in [6.07, 6.45) is 2.47. The number of carbonyl (C=O) groups is 1. The van der Waals surface area contributed by atoms with E-state index in [1.807, 2.05) is 13.8 Å². The molecule has 1 rings (SSSR count). The summed E-state index contributed by atoms with van der Waals surface area (Å²) in [5, 5.41) is 0. The van der Waals surface area contributed by atoms with Crippen LogP contribution < -0.4 is 4.74 Å². The van der Waals surface area contributed by atoms with E-state index in [2.05, 4.69) is 26.0 Å². The van der Waals surface area contributed by atoms with Crippen LogP contribution in [-0.4, -0.2) is 12.9 Å². The lowest BCUT2D eigenvalue weighted by molar-refractivity contribution is -0.121. The van der Waals surface area contributed by atoms with Gasteiger partial charge >= 0.3 is 0 Å². The van der Waals surface area contributed by atoms with Gasteiger partial charge in [0.2, 0.25) is 0 Å². The molecule has 0 aliphatic carbocycles. The Bertz CT molecular complexity index is 419. The number of methoxy groups -OCH3 is 1. The first-order valence-electron chi connectivity index (χ1n) is 6.62. The van der Waals surface area contributed by atoms with Gasteiger partial charge in [-0.05, 0) is 37.8 Å². The normalized spacial score (nSPS) is 10.8. The number of hydrogen-bond donors (Lipinski definition) is 0. The van der Waals surface area contributed by atoms with Crippen LogP contribution in [0.3, 0.4) is 0 Å². The Labute approximate surface area is 110 Å². The summed E-state index contributed by atoms with van der Waals surface area (Å²) < 4.78 is 5.45. The highest BCUT2D eigenvalue weighted by Crippen LogP contribution is 2.26. The minimum Gasteiger partial charge on any atom is -0.496 e. The van der Waals surface area contributed by atoms with Crippen molar-refractivity contribution in [2.24, 2.45) is 5.92 Å². The van der Waals surface area contributed by atoms with Crippen LogP contribution in [0, 0.1) is 19.8 Å². The highest BCUT2D eigenvalue weighted by Gasteiger charge is 2.10. The monoisotopic (exact) mass is 248 g/mol. The molecule has 0 aliphatic rings. The minimum absolute atomic E-state index is 0.145. The summed E-state index contributed by atoms with van der Waals surface area (Å²) in [4.78, 5) is 11.6. The third-order valence-corrected chi connectivity index (χ3v) is 3.21. The molecule has 0 bridgehead atoms. The molecule has 0 unspecified atom stereocenters. The molecule has 0 amide bonds. The second-order valence-corrected chi connectivity index (χ2v) is 5.25. The van der Waals surface area contributed by atoms with Crippen LogP contribution in [0.5, 0.6) is 5.75 Å². The molecule has 0 saturated carbocycles. The van der Waals surface area contributed by atoms with Crippen molar-refractivity contribution in [3.05, 3.63) is 28.8 Å². The molecule has 0 heterocycles. The highest BCUT2D eigenvalue weighted by atomic mass is 16.5. The predicted octanol–water partition coefficient (Wildman–Crippen LogP) is 3.86. The Balaban J connectivity index is 2.70. The van der Waals surface area contributed by atoms with Crippen LogP contribution in [0.2, 0.25) is 0 Å². The molecule has 0 aromatic heterocycles. The minimum atomic E-state index is 0.145. The lowest BCUT2D eigenvalue weighted by atomic mass is 9.98. The van der Waals surface area contributed by atoms with Crippen molar-refractivity contribution in [1.29, 1.82) is 0 Å². The number of hydrogen-bond acceptors (Lipinski definition) is 2. The summed E-state index contributed by atoms with van der Waals surface area (Å²) in [7, 11) is 1.71. The summed E-state index contributed by atoms with van der Waals surface area (Å²) in [6.45, 7) is 8.07. The van der Waals surface area contributed by atoms with Gasteiger partial charge in [0.1, 0.15) is 11.5 Å². The van der Waals surface area contributed by atoms with Crippen LogP contribution >= 0.6 is 0 Å². The van der Waals surface area contributed by atoms with Gasteiger partial charge in [0.25, 0.3) is 0 Å². The van der Waals surface area contributed by atoms with Gasteiger partial charge in [-0.2, -0.15) is 0 Å². The van der Waals surface area contributed by atoms with E-state index in [0.29, 0.717) is 12.2 Å². The first-order valence-corrected chi connectivity index (χ1v) is 6.62. The Morgan fingerprint density at radius 1 is 1.28 bits per heavy atom. The van der Waals surface area contributed by atoms with Gasteiger partial charge in [0.05, 0.1) is 7.11 Å². The zero-order valence-electron chi connectivity index (χ0n) is 12.2. The molecular weight excluding hydrogens is 224 g/mol. The van der Waals surface area contributed by atoms with E-state index in [1.54, 1.807) is 7.11 Å². The zero-order valence-corrected chi connectivity index (χ0v) is 12.2. The summed E-state index contributed by atoms with van der Waals surface area (Å²) in [6, 6.07) is 4.29. The van der Waals surface area contributed by atoms with Crippen LogP contribution in [0.25, 0.3) is 0 Å². The van der Waals surface area contributed by atoms with Crippen LogP contribution in [0.1, 0.15) is 43.4 Å². The van der Waals surface area contributed by atoms with E-state index >= 15 is 0 Å². The van der Waals surface area contributed by atoms with E-state index in [9.17, 15) is 4.79 Å². The van der Waals surface area contributed by atoms with Crippen LogP contribution in [0.15, 0.2) is 12.1 Å². The third-order valence-electron chi connectivity index (χ3n) is 3.21. The van der Waals surface area contributed by atoms with Gasteiger partial charge in [-0.3, -0.25) is 4.79 Å². The number of benzene rings is 1. The standard InChI is InChI=1S/C16H24O2/c1-11(2)15(17)8-6-7-14-10-12(3)9-13(4)16(14)18-5/h9-11H,6-8H2,1-5H3. The van der Waals surface area contributed by atoms with E-state index in [-0.39, 0.29) is 5.92 Å². The van der Waals surface area contributed by atoms with Gasteiger partial charge in [-0.15, -0.1) is 0 Å². The second kappa shape index (κ2) is 6.58. The van der Waals surface area contributed by atoms with Crippen molar-refractivity contribution >= 4 is 5.78 Å². The fraction of sp³-hybridized carbons (Fsp3) is 0.562. The number of carbonyl (C=O) groups excluding carboxylic acids is 1. The maximum absolute atomic E-state index is 11.6. The molecule has 0 saturated heterocycles. The van der Waals surface area contributed by atoms with Gasteiger partial charge in [0, 0.05) is 12.3 Å². The smallest absolute Gasteiger partial charge is 0.135 e. The molecule has 100 valence electrons. The summed E-state index contributed by atoms with van der Waals surface area (Å²) in [5.41, 5.74) is 3.63. The third kappa shape index (κ3) is 3.86. The van der Waals surface area contributed by atoms with Gasteiger partial charge in [0.15, 0.2) is 0 Å². The van der Waals surface area contributed by atoms with Gasteiger partial charge in [-0.25, -0.2) is 0 Å². The lowest BCUT2D eigenvalue weighted by Crippen LogP contribution is -2.07. The largest absolute Gasteiger partial charge is 0.496 e. The maximum atomic E-state index is 11.6. The first kappa shape index (κ1) is 14.7. The second-order valence-electron chi connectivity index (χ2n) is 5.25. The molecule has 2 nitrogen and oxygen atoms in total. The zero-order chi connectivity index (χ0) is 13.7. The number of rotatable bonds is 6. The first-order chi connectivity index (χ1) is 8.45. The van der Waals surface area contributed by atoms with E-state index < -0.39 is 0 Å². The molecule has 1 aromatic carbocycles. The van der Waals surface area contributed by atoms with Crippen molar-refractivity contribution in [2.75, 3.05) is 7.11 Å². The number of aryl methyl sites for hydroxylation is 3. The van der Waals surface area contributed by atoms with Crippen LogP contribution in [0.4, 0.5) is 0 Å². The van der Waals surface area contributed by atoms with Crippen molar-refractivity contribution in [3.63, 3.8) is 0 Å². The topological polar surface area (TPSA) is 26.3 Å². The van der Waals surface area contributed by atoms with Gasteiger partial charge < -0.3 is 4.74 Å². The van der Waals surface area contributed by atoms with E-state index in [0.717, 1.165) is 18.6 Å². The van der Waals surface area contributed by atoms with E-state index in [1.165, 1.54) is 16.7 Å². The molecule has 0 N–H and O–H groups in total. The lowest BCUT2D eigenvalue weighted by Gasteiger charge is -2.13. The Kier molecular flexibility index (Phi) is 5.39. The molecule has 0 fully saturated rings. The fourth-order valence-electron chi connectivity index (χ4n) is 2.26. The molecule has 1 aromatic rings. The average Bonchev–Trinajstić information content (AvgIpc) is 2.28. The van der Waals surface area contributed by atoms with Crippen molar-refractivity contribution in [3.8, 4) is 5.75 Å².